The number of hydrogen-bond donors (Lipinski definition) is 2. The normalized spacial score (nSPS) is 11.6. The van der Waals surface area contributed by atoms with Crippen molar-refractivity contribution in [2.45, 2.75) is 6.10 Å². The molecule has 1 aromatic heterocycles. The fraction of sp³-hybridized carbons (Fsp3) is 0.100. The molecule has 0 aliphatic rings. The summed E-state index contributed by atoms with van der Waals surface area (Å²) in [6.45, 7) is -0.480. The van der Waals surface area contributed by atoms with Gasteiger partial charge in [0.15, 0.2) is 0 Å². The Bertz CT molecular complexity index is 935. The molecule has 0 amide bonds. The van der Waals surface area contributed by atoms with Gasteiger partial charge in [-0.05, 0) is 60.7 Å². The van der Waals surface area contributed by atoms with Crippen molar-refractivity contribution >= 4 is 0 Å². The molecule has 0 aliphatic heterocycles. The van der Waals surface area contributed by atoms with Gasteiger partial charge in [-0.15, -0.1) is 0 Å². The molecule has 130 valence electrons. The lowest BCUT2D eigenvalue weighted by Crippen LogP contribution is -2.06. The second kappa shape index (κ2) is 7.74. The Morgan fingerprint density at radius 3 is 2.23 bits per heavy atom. The average Bonchev–Trinajstić information content (AvgIpc) is 2.69. The van der Waals surface area contributed by atoms with Gasteiger partial charge in [-0.2, -0.15) is 5.26 Å². The Morgan fingerprint density at radius 2 is 1.65 bits per heavy atom. The SMILES string of the molecule is N#Cc1cc(-c2ccc(Oc3ccc(F)cc3)cc2)nc(C(O)CO)c1. The van der Waals surface area contributed by atoms with Crippen LogP contribution >= 0.6 is 0 Å². The van der Waals surface area contributed by atoms with Crippen LogP contribution in [0.5, 0.6) is 11.5 Å². The monoisotopic (exact) mass is 350 g/mol. The summed E-state index contributed by atoms with van der Waals surface area (Å²) in [5.74, 6) is 0.738. The Hall–Kier alpha value is -3.27. The Kier molecular flexibility index (Phi) is 5.23. The van der Waals surface area contributed by atoms with Gasteiger partial charge < -0.3 is 14.9 Å². The topological polar surface area (TPSA) is 86.4 Å². The van der Waals surface area contributed by atoms with Crippen LogP contribution in [-0.4, -0.2) is 21.8 Å². The van der Waals surface area contributed by atoms with Crippen molar-refractivity contribution in [3.8, 4) is 28.8 Å². The van der Waals surface area contributed by atoms with Crippen LogP contribution in [0.25, 0.3) is 11.3 Å². The van der Waals surface area contributed by atoms with E-state index in [4.69, 9.17) is 15.1 Å². The zero-order chi connectivity index (χ0) is 18.5. The first kappa shape index (κ1) is 17.5. The number of ether oxygens (including phenoxy) is 1. The fourth-order valence-electron chi connectivity index (χ4n) is 2.36. The minimum atomic E-state index is -1.15. The summed E-state index contributed by atoms with van der Waals surface area (Å²) in [6.07, 6.45) is -1.15. The molecule has 0 aliphatic carbocycles. The van der Waals surface area contributed by atoms with Crippen LogP contribution in [0.15, 0.2) is 60.7 Å². The standard InChI is InChI=1S/C20H15FN2O3/c21-15-3-7-17(8-4-15)26-16-5-1-14(2-6-16)18-9-13(11-22)10-19(23-18)20(25)12-24/h1-10,20,24-25H,12H2. The fourth-order valence-corrected chi connectivity index (χ4v) is 2.36. The largest absolute Gasteiger partial charge is 0.457 e. The third-order valence-corrected chi connectivity index (χ3v) is 3.69. The molecule has 6 heteroatoms. The summed E-state index contributed by atoms with van der Waals surface area (Å²) in [5.41, 5.74) is 1.79. The number of pyridine rings is 1. The lowest BCUT2D eigenvalue weighted by molar-refractivity contribution is 0.0923. The van der Waals surface area contributed by atoms with Gasteiger partial charge in [-0.1, -0.05) is 0 Å². The van der Waals surface area contributed by atoms with Gasteiger partial charge in [0.05, 0.1) is 29.6 Å². The molecule has 26 heavy (non-hydrogen) atoms. The van der Waals surface area contributed by atoms with Crippen molar-refractivity contribution in [1.29, 1.82) is 5.26 Å². The van der Waals surface area contributed by atoms with E-state index in [2.05, 4.69) is 4.98 Å². The molecule has 3 rings (SSSR count). The van der Waals surface area contributed by atoms with Gasteiger partial charge >= 0.3 is 0 Å². The lowest BCUT2D eigenvalue weighted by Gasteiger charge is -2.10. The minimum absolute atomic E-state index is 0.230. The van der Waals surface area contributed by atoms with Crippen molar-refractivity contribution < 1.29 is 19.3 Å². The molecular weight excluding hydrogens is 335 g/mol. The third kappa shape index (κ3) is 4.03. The van der Waals surface area contributed by atoms with Crippen LogP contribution in [0.2, 0.25) is 0 Å². The second-order valence-electron chi connectivity index (χ2n) is 5.56. The number of aromatic nitrogens is 1. The number of hydrogen-bond acceptors (Lipinski definition) is 5. The molecule has 2 aromatic carbocycles. The zero-order valence-electron chi connectivity index (χ0n) is 13.6. The van der Waals surface area contributed by atoms with E-state index in [-0.39, 0.29) is 11.5 Å². The summed E-state index contributed by atoms with van der Waals surface area (Å²) in [7, 11) is 0. The van der Waals surface area contributed by atoms with Crippen molar-refractivity contribution in [2.75, 3.05) is 6.61 Å². The van der Waals surface area contributed by atoms with E-state index in [1.807, 2.05) is 6.07 Å². The van der Waals surface area contributed by atoms with E-state index in [1.54, 1.807) is 30.3 Å². The quantitative estimate of drug-likeness (QED) is 0.734. The van der Waals surface area contributed by atoms with Gasteiger partial charge in [-0.25, -0.2) is 9.37 Å². The third-order valence-electron chi connectivity index (χ3n) is 3.69. The van der Waals surface area contributed by atoms with Crippen LogP contribution in [0, 0.1) is 17.1 Å². The molecule has 1 unspecified atom stereocenters. The lowest BCUT2D eigenvalue weighted by atomic mass is 10.1. The van der Waals surface area contributed by atoms with Crippen molar-refractivity contribution in [1.82, 2.24) is 4.98 Å². The summed E-state index contributed by atoms with van der Waals surface area (Å²) < 4.78 is 18.6. The molecular formula is C20H15FN2O3. The highest BCUT2D eigenvalue weighted by Crippen LogP contribution is 2.26. The van der Waals surface area contributed by atoms with E-state index < -0.39 is 12.7 Å². The highest BCUT2D eigenvalue weighted by atomic mass is 19.1. The van der Waals surface area contributed by atoms with Gasteiger partial charge in [0.25, 0.3) is 0 Å². The highest BCUT2D eigenvalue weighted by Gasteiger charge is 2.12. The average molecular weight is 350 g/mol. The number of benzene rings is 2. The minimum Gasteiger partial charge on any atom is -0.457 e. The van der Waals surface area contributed by atoms with E-state index >= 15 is 0 Å². The van der Waals surface area contributed by atoms with E-state index in [9.17, 15) is 9.50 Å². The van der Waals surface area contributed by atoms with Crippen molar-refractivity contribution in [3.05, 3.63) is 77.7 Å². The molecule has 0 radical (unpaired) electrons. The number of nitrogens with zero attached hydrogens (tertiary/aromatic N) is 2. The first-order valence-electron chi connectivity index (χ1n) is 7.84. The first-order valence-corrected chi connectivity index (χ1v) is 7.84. The van der Waals surface area contributed by atoms with Crippen molar-refractivity contribution in [2.24, 2.45) is 0 Å². The van der Waals surface area contributed by atoms with Crippen LogP contribution in [0.3, 0.4) is 0 Å². The molecule has 0 bridgehead atoms. The summed E-state index contributed by atoms with van der Waals surface area (Å²) in [4.78, 5) is 4.30. The maximum atomic E-state index is 12.9. The smallest absolute Gasteiger partial charge is 0.127 e. The molecule has 3 aromatic rings. The van der Waals surface area contributed by atoms with Crippen LogP contribution in [0.1, 0.15) is 17.4 Å². The number of halogens is 1. The number of aliphatic hydroxyl groups excluding tert-OH is 2. The van der Waals surface area contributed by atoms with E-state index in [0.29, 0.717) is 22.8 Å². The van der Waals surface area contributed by atoms with Gasteiger partial charge in [-0.3, -0.25) is 0 Å². The molecule has 1 atom stereocenters. The van der Waals surface area contributed by atoms with Gasteiger partial charge in [0.2, 0.25) is 0 Å². The number of rotatable bonds is 5. The van der Waals surface area contributed by atoms with Crippen LogP contribution in [-0.2, 0) is 0 Å². The Labute approximate surface area is 149 Å². The van der Waals surface area contributed by atoms with Crippen LogP contribution in [0.4, 0.5) is 4.39 Å². The molecule has 0 fully saturated rings. The number of aliphatic hydroxyl groups is 2. The zero-order valence-corrected chi connectivity index (χ0v) is 13.6. The maximum Gasteiger partial charge on any atom is 0.127 e. The molecule has 0 saturated carbocycles. The predicted octanol–water partition coefficient (Wildman–Crippen LogP) is 3.58. The Balaban J connectivity index is 1.86. The van der Waals surface area contributed by atoms with E-state index in [1.165, 1.54) is 30.3 Å². The van der Waals surface area contributed by atoms with Crippen LogP contribution < -0.4 is 4.74 Å². The summed E-state index contributed by atoms with van der Waals surface area (Å²) >= 11 is 0. The van der Waals surface area contributed by atoms with Gasteiger partial charge in [0.1, 0.15) is 23.4 Å². The molecule has 0 saturated heterocycles. The predicted molar refractivity (Wildman–Crippen MR) is 92.9 cm³/mol. The molecule has 2 N–H and O–H groups in total. The molecule has 5 nitrogen and oxygen atoms in total. The number of nitriles is 1. The second-order valence-corrected chi connectivity index (χ2v) is 5.56. The summed E-state index contributed by atoms with van der Waals surface area (Å²) in [5, 5.41) is 28.0. The Morgan fingerprint density at radius 1 is 1.04 bits per heavy atom. The van der Waals surface area contributed by atoms with Gasteiger partial charge in [0, 0.05) is 5.56 Å². The highest BCUT2D eigenvalue weighted by molar-refractivity contribution is 5.62. The molecule has 1 heterocycles. The molecule has 0 spiro atoms. The van der Waals surface area contributed by atoms with E-state index in [0.717, 1.165) is 5.56 Å². The maximum absolute atomic E-state index is 12.9. The van der Waals surface area contributed by atoms with Crippen molar-refractivity contribution in [3.63, 3.8) is 0 Å². The first-order chi connectivity index (χ1) is 12.6. The summed E-state index contributed by atoms with van der Waals surface area (Å²) in [6, 6.07) is 17.7.